The van der Waals surface area contributed by atoms with Crippen LogP contribution >= 0.6 is 11.3 Å². The molecule has 5 heteroatoms. The lowest BCUT2D eigenvalue weighted by atomic mass is 10.0. The van der Waals surface area contributed by atoms with E-state index in [4.69, 9.17) is 0 Å². The van der Waals surface area contributed by atoms with Gasteiger partial charge in [-0.15, -0.1) is 11.3 Å². The third-order valence-corrected chi connectivity index (χ3v) is 5.36. The molecule has 0 spiro atoms. The van der Waals surface area contributed by atoms with Gasteiger partial charge in [0.05, 0.1) is 12.5 Å². The fourth-order valence-corrected chi connectivity index (χ4v) is 4.02. The lowest BCUT2D eigenvalue weighted by molar-refractivity contribution is -0.130. The number of carbonyl (C=O) groups is 2. The molecule has 0 radical (unpaired) electrons. The number of nitrogens with one attached hydrogen (secondary N) is 2. The molecule has 0 saturated heterocycles. The van der Waals surface area contributed by atoms with E-state index in [1.54, 1.807) is 11.3 Å². The first-order valence-corrected chi connectivity index (χ1v) is 9.80. The van der Waals surface area contributed by atoms with Crippen LogP contribution in [0.2, 0.25) is 0 Å². The Hall–Kier alpha value is -2.14. The highest BCUT2D eigenvalue weighted by Gasteiger charge is 2.26. The monoisotopic (exact) mass is 372 g/mol. The van der Waals surface area contributed by atoms with E-state index in [1.807, 2.05) is 51.1 Å². The van der Waals surface area contributed by atoms with E-state index in [9.17, 15) is 9.59 Å². The lowest BCUT2D eigenvalue weighted by Gasteiger charge is -2.24. The SMILES string of the molecule is Cc1cc([C@@H](C)NC(=O)[C@@H](NC(=O)Cc2ccccc2)C(C)C)c(C)s1. The molecule has 0 unspecified atom stereocenters. The molecule has 26 heavy (non-hydrogen) atoms. The number of rotatable bonds is 7. The van der Waals surface area contributed by atoms with Gasteiger partial charge in [-0.2, -0.15) is 0 Å². The van der Waals surface area contributed by atoms with E-state index in [0.717, 1.165) is 11.1 Å². The fourth-order valence-electron chi connectivity index (χ4n) is 3.00. The summed E-state index contributed by atoms with van der Waals surface area (Å²) in [6.07, 6.45) is 0.274. The number of aryl methyl sites for hydroxylation is 2. The summed E-state index contributed by atoms with van der Waals surface area (Å²) in [7, 11) is 0. The summed E-state index contributed by atoms with van der Waals surface area (Å²) in [6.45, 7) is 10.00. The molecule has 1 aromatic carbocycles. The van der Waals surface area contributed by atoms with Crippen LogP contribution in [0.4, 0.5) is 0 Å². The summed E-state index contributed by atoms with van der Waals surface area (Å²) in [5.74, 6) is -0.273. The van der Waals surface area contributed by atoms with Crippen molar-refractivity contribution in [3.8, 4) is 0 Å². The molecular formula is C21H28N2O2S. The van der Waals surface area contributed by atoms with Gasteiger partial charge in [-0.3, -0.25) is 9.59 Å². The molecule has 0 aliphatic carbocycles. The lowest BCUT2D eigenvalue weighted by Crippen LogP contribution is -2.50. The van der Waals surface area contributed by atoms with E-state index < -0.39 is 6.04 Å². The summed E-state index contributed by atoms with van der Waals surface area (Å²) in [6, 6.07) is 11.0. The van der Waals surface area contributed by atoms with Crippen LogP contribution in [0.1, 0.15) is 47.7 Å². The fraction of sp³-hybridized carbons (Fsp3) is 0.429. The van der Waals surface area contributed by atoms with Crippen LogP contribution in [0.5, 0.6) is 0 Å². The molecule has 2 N–H and O–H groups in total. The molecule has 2 aromatic rings. The Morgan fingerprint density at radius 1 is 1.04 bits per heavy atom. The highest BCUT2D eigenvalue weighted by molar-refractivity contribution is 7.12. The number of hydrogen-bond acceptors (Lipinski definition) is 3. The Morgan fingerprint density at radius 3 is 2.23 bits per heavy atom. The van der Waals surface area contributed by atoms with E-state index in [2.05, 4.69) is 30.5 Å². The maximum absolute atomic E-state index is 12.8. The topological polar surface area (TPSA) is 58.2 Å². The van der Waals surface area contributed by atoms with E-state index in [0.29, 0.717) is 0 Å². The van der Waals surface area contributed by atoms with Crippen molar-refractivity contribution in [1.82, 2.24) is 10.6 Å². The number of benzene rings is 1. The average molecular weight is 373 g/mol. The van der Waals surface area contributed by atoms with Crippen LogP contribution in [0.15, 0.2) is 36.4 Å². The van der Waals surface area contributed by atoms with Gasteiger partial charge in [0.15, 0.2) is 0 Å². The Morgan fingerprint density at radius 2 is 1.69 bits per heavy atom. The molecule has 1 heterocycles. The Bertz CT molecular complexity index is 753. The van der Waals surface area contributed by atoms with Gasteiger partial charge in [0, 0.05) is 9.75 Å². The minimum atomic E-state index is -0.547. The number of thiophene rings is 1. The summed E-state index contributed by atoms with van der Waals surface area (Å²) in [4.78, 5) is 27.6. The van der Waals surface area contributed by atoms with Crippen molar-refractivity contribution in [3.63, 3.8) is 0 Å². The van der Waals surface area contributed by atoms with Gasteiger partial charge >= 0.3 is 0 Å². The molecule has 1 aromatic heterocycles. The van der Waals surface area contributed by atoms with E-state index in [-0.39, 0.29) is 30.2 Å². The second-order valence-corrected chi connectivity index (χ2v) is 8.51. The first-order valence-electron chi connectivity index (χ1n) is 8.98. The highest BCUT2D eigenvalue weighted by atomic mass is 32.1. The average Bonchev–Trinajstić information content (AvgIpc) is 2.91. The Labute approximate surface area is 160 Å². The largest absolute Gasteiger partial charge is 0.348 e. The zero-order valence-electron chi connectivity index (χ0n) is 16.1. The van der Waals surface area contributed by atoms with Crippen molar-refractivity contribution >= 4 is 23.2 Å². The minimum absolute atomic E-state index is 0.00670. The molecule has 0 aliphatic rings. The van der Waals surface area contributed by atoms with Gasteiger partial charge < -0.3 is 10.6 Å². The Kier molecular flexibility index (Phi) is 6.98. The van der Waals surface area contributed by atoms with E-state index >= 15 is 0 Å². The summed E-state index contributed by atoms with van der Waals surface area (Å²) in [5, 5.41) is 5.95. The zero-order chi connectivity index (χ0) is 19.3. The number of hydrogen-bond donors (Lipinski definition) is 2. The predicted molar refractivity (Wildman–Crippen MR) is 107 cm³/mol. The van der Waals surface area contributed by atoms with Gasteiger partial charge in [0.2, 0.25) is 11.8 Å². The van der Waals surface area contributed by atoms with Crippen LogP contribution < -0.4 is 10.6 Å². The third kappa shape index (κ3) is 5.43. The summed E-state index contributed by atoms with van der Waals surface area (Å²) in [5.41, 5.74) is 2.07. The number of amides is 2. The molecular weight excluding hydrogens is 344 g/mol. The predicted octanol–water partition coefficient (Wildman–Crippen LogP) is 3.93. The van der Waals surface area contributed by atoms with E-state index in [1.165, 1.54) is 9.75 Å². The summed E-state index contributed by atoms with van der Waals surface area (Å²) >= 11 is 1.73. The second-order valence-electron chi connectivity index (χ2n) is 7.05. The van der Waals surface area contributed by atoms with Gasteiger partial charge in [-0.25, -0.2) is 0 Å². The van der Waals surface area contributed by atoms with Crippen molar-refractivity contribution in [1.29, 1.82) is 0 Å². The molecule has 0 saturated carbocycles. The molecule has 0 bridgehead atoms. The zero-order valence-corrected chi connectivity index (χ0v) is 16.9. The molecule has 4 nitrogen and oxygen atoms in total. The molecule has 2 amide bonds. The van der Waals surface area contributed by atoms with Crippen molar-refractivity contribution in [2.75, 3.05) is 0 Å². The first kappa shape index (κ1) is 20.2. The van der Waals surface area contributed by atoms with Gasteiger partial charge in [-0.1, -0.05) is 44.2 Å². The molecule has 0 fully saturated rings. The Balaban J connectivity index is 2.00. The van der Waals surface area contributed by atoms with Crippen LogP contribution in [0, 0.1) is 19.8 Å². The van der Waals surface area contributed by atoms with Crippen molar-refractivity contribution in [3.05, 3.63) is 57.3 Å². The molecule has 2 atom stereocenters. The number of carbonyl (C=O) groups excluding carboxylic acids is 2. The van der Waals surface area contributed by atoms with Gasteiger partial charge in [0.1, 0.15) is 6.04 Å². The maximum atomic E-state index is 12.8. The highest BCUT2D eigenvalue weighted by Crippen LogP contribution is 2.26. The summed E-state index contributed by atoms with van der Waals surface area (Å²) < 4.78 is 0. The second kappa shape index (κ2) is 8.99. The normalized spacial score (nSPS) is 13.3. The van der Waals surface area contributed by atoms with Crippen LogP contribution in [0.3, 0.4) is 0 Å². The quantitative estimate of drug-likeness (QED) is 0.774. The van der Waals surface area contributed by atoms with Crippen molar-refractivity contribution in [2.45, 2.75) is 53.1 Å². The van der Waals surface area contributed by atoms with Gasteiger partial charge in [0.25, 0.3) is 0 Å². The van der Waals surface area contributed by atoms with Gasteiger partial charge in [-0.05, 0) is 43.9 Å². The smallest absolute Gasteiger partial charge is 0.243 e. The minimum Gasteiger partial charge on any atom is -0.348 e. The third-order valence-electron chi connectivity index (χ3n) is 4.38. The van der Waals surface area contributed by atoms with Crippen LogP contribution in [-0.4, -0.2) is 17.9 Å². The standard InChI is InChI=1S/C21H28N2O2S/c1-13(2)20(23-19(24)12-17-9-7-6-8-10-17)21(25)22-15(4)18-11-14(3)26-16(18)5/h6-11,13,15,20H,12H2,1-5H3,(H,22,25)(H,23,24)/t15-,20+/m1/s1. The van der Waals surface area contributed by atoms with Crippen LogP contribution in [0.25, 0.3) is 0 Å². The van der Waals surface area contributed by atoms with Crippen molar-refractivity contribution in [2.24, 2.45) is 5.92 Å². The van der Waals surface area contributed by atoms with Crippen molar-refractivity contribution < 1.29 is 9.59 Å². The molecule has 0 aliphatic heterocycles. The van der Waals surface area contributed by atoms with Crippen LogP contribution in [-0.2, 0) is 16.0 Å². The first-order chi connectivity index (χ1) is 12.3. The maximum Gasteiger partial charge on any atom is 0.243 e. The molecule has 140 valence electrons. The molecule has 2 rings (SSSR count).